The first-order chi connectivity index (χ1) is 9.04. The summed E-state index contributed by atoms with van der Waals surface area (Å²) < 4.78 is 0. The van der Waals surface area contributed by atoms with Gasteiger partial charge in [0.15, 0.2) is 0 Å². The van der Waals surface area contributed by atoms with Crippen molar-refractivity contribution in [3.63, 3.8) is 0 Å². The molecule has 0 aliphatic carbocycles. The maximum atomic E-state index is 12.3. The van der Waals surface area contributed by atoms with Gasteiger partial charge in [-0.3, -0.25) is 4.79 Å². The first-order valence-electron chi connectivity index (χ1n) is 6.17. The molecule has 1 aliphatic heterocycles. The van der Waals surface area contributed by atoms with Crippen molar-refractivity contribution in [2.24, 2.45) is 0 Å². The zero-order valence-corrected chi connectivity index (χ0v) is 11.8. The molecule has 19 heavy (non-hydrogen) atoms. The third-order valence-electron chi connectivity index (χ3n) is 3.52. The zero-order chi connectivity index (χ0) is 14.0. The minimum Gasteiger partial charge on any atom is -0.480 e. The minimum absolute atomic E-state index is 0.102. The quantitative estimate of drug-likeness (QED) is 0.916. The molecule has 4 nitrogen and oxygen atoms in total. The molecule has 0 bridgehead atoms. The molecule has 1 aliphatic rings. The van der Waals surface area contributed by atoms with Crippen LogP contribution in [-0.4, -0.2) is 39.4 Å². The topological polar surface area (TPSA) is 57.6 Å². The number of rotatable bonds is 3. The SMILES string of the molecule is CS[C@@H](C)C(=O)N1Cc2ccccc2C[C@H]1C(=O)O. The third-order valence-corrected chi connectivity index (χ3v) is 4.43. The summed E-state index contributed by atoms with van der Waals surface area (Å²) in [4.78, 5) is 25.2. The van der Waals surface area contributed by atoms with Crippen molar-refractivity contribution < 1.29 is 14.7 Å². The van der Waals surface area contributed by atoms with Gasteiger partial charge in [-0.05, 0) is 24.3 Å². The largest absolute Gasteiger partial charge is 0.480 e. The number of carboxylic acid groups (broad SMARTS) is 1. The molecule has 0 radical (unpaired) electrons. The Kier molecular flexibility index (Phi) is 4.14. The third kappa shape index (κ3) is 2.76. The number of nitrogens with zero attached hydrogens (tertiary/aromatic N) is 1. The summed E-state index contributed by atoms with van der Waals surface area (Å²) in [6.45, 7) is 2.20. The van der Waals surface area contributed by atoms with Gasteiger partial charge in [-0.15, -0.1) is 0 Å². The molecule has 0 saturated heterocycles. The van der Waals surface area contributed by atoms with Crippen LogP contribution in [0.15, 0.2) is 24.3 Å². The van der Waals surface area contributed by atoms with Crippen molar-refractivity contribution in [1.82, 2.24) is 4.90 Å². The number of thioether (sulfide) groups is 1. The molecule has 0 spiro atoms. The number of carbonyl (C=O) groups is 2. The number of hydrogen-bond donors (Lipinski definition) is 1. The minimum atomic E-state index is -0.934. The number of hydrogen-bond acceptors (Lipinski definition) is 3. The Labute approximate surface area is 116 Å². The van der Waals surface area contributed by atoms with E-state index < -0.39 is 12.0 Å². The molecular weight excluding hydrogens is 262 g/mol. The van der Waals surface area contributed by atoms with E-state index in [0.717, 1.165) is 11.1 Å². The number of aliphatic carboxylic acids is 1. The molecule has 0 fully saturated rings. The number of carbonyl (C=O) groups excluding carboxylic acids is 1. The highest BCUT2D eigenvalue weighted by atomic mass is 32.2. The van der Waals surface area contributed by atoms with Crippen molar-refractivity contribution >= 4 is 23.6 Å². The van der Waals surface area contributed by atoms with E-state index >= 15 is 0 Å². The normalized spacial score (nSPS) is 19.7. The lowest BCUT2D eigenvalue weighted by atomic mass is 9.94. The van der Waals surface area contributed by atoms with Gasteiger partial charge >= 0.3 is 5.97 Å². The standard InChI is InChI=1S/C14H17NO3S/c1-9(19-2)13(16)15-8-11-6-4-3-5-10(11)7-12(15)14(17)18/h3-6,9,12H,7-8H2,1-2H3,(H,17,18)/t9-,12-/m0/s1. The van der Waals surface area contributed by atoms with Crippen molar-refractivity contribution in [2.45, 2.75) is 31.2 Å². The van der Waals surface area contributed by atoms with Gasteiger partial charge in [-0.1, -0.05) is 24.3 Å². The van der Waals surface area contributed by atoms with Crippen LogP contribution in [0.1, 0.15) is 18.1 Å². The molecule has 1 aromatic carbocycles. The fraction of sp³-hybridized carbons (Fsp3) is 0.429. The maximum absolute atomic E-state index is 12.3. The first-order valence-corrected chi connectivity index (χ1v) is 7.46. The Hall–Kier alpha value is -1.49. The van der Waals surface area contributed by atoms with E-state index in [1.54, 1.807) is 0 Å². The summed E-state index contributed by atoms with van der Waals surface area (Å²) in [5.74, 6) is -1.04. The van der Waals surface area contributed by atoms with Gasteiger partial charge in [0.05, 0.1) is 5.25 Å². The zero-order valence-electron chi connectivity index (χ0n) is 11.0. The van der Waals surface area contributed by atoms with Crippen molar-refractivity contribution in [2.75, 3.05) is 6.26 Å². The Morgan fingerprint density at radius 2 is 2.00 bits per heavy atom. The van der Waals surface area contributed by atoms with Crippen molar-refractivity contribution in [3.8, 4) is 0 Å². The van der Waals surface area contributed by atoms with Gasteiger partial charge in [-0.25, -0.2) is 4.79 Å². The molecule has 1 amide bonds. The Bertz CT molecular complexity index is 503. The van der Waals surface area contributed by atoms with E-state index in [2.05, 4.69) is 0 Å². The summed E-state index contributed by atoms with van der Waals surface area (Å²) in [5.41, 5.74) is 2.07. The fourth-order valence-electron chi connectivity index (χ4n) is 2.31. The number of carboxylic acids is 1. The van der Waals surface area contributed by atoms with E-state index in [9.17, 15) is 14.7 Å². The van der Waals surface area contributed by atoms with Crippen LogP contribution < -0.4 is 0 Å². The second-order valence-electron chi connectivity index (χ2n) is 4.67. The highest BCUT2D eigenvalue weighted by Gasteiger charge is 2.35. The van der Waals surface area contributed by atoms with Gasteiger partial charge in [0.25, 0.3) is 0 Å². The van der Waals surface area contributed by atoms with Crippen molar-refractivity contribution in [1.29, 1.82) is 0 Å². The fourth-order valence-corrected chi connectivity index (χ4v) is 2.65. The van der Waals surface area contributed by atoms with Crippen LogP contribution in [0.25, 0.3) is 0 Å². The van der Waals surface area contributed by atoms with Crippen LogP contribution >= 0.6 is 11.8 Å². The highest BCUT2D eigenvalue weighted by molar-refractivity contribution is 7.99. The van der Waals surface area contributed by atoms with E-state index in [1.165, 1.54) is 16.7 Å². The van der Waals surface area contributed by atoms with Crippen molar-refractivity contribution in [3.05, 3.63) is 35.4 Å². The summed E-state index contributed by atoms with van der Waals surface area (Å²) in [7, 11) is 0. The maximum Gasteiger partial charge on any atom is 0.326 e. The molecule has 2 atom stereocenters. The molecule has 2 rings (SSSR count). The Morgan fingerprint density at radius 3 is 2.58 bits per heavy atom. The Morgan fingerprint density at radius 1 is 1.37 bits per heavy atom. The van der Waals surface area contributed by atoms with E-state index in [-0.39, 0.29) is 11.2 Å². The molecule has 0 aromatic heterocycles. The van der Waals surface area contributed by atoms with Gasteiger partial charge in [0, 0.05) is 13.0 Å². The van der Waals surface area contributed by atoms with Gasteiger partial charge < -0.3 is 10.0 Å². The van der Waals surface area contributed by atoms with Crippen LogP contribution in [0.5, 0.6) is 0 Å². The molecule has 0 saturated carbocycles. The smallest absolute Gasteiger partial charge is 0.326 e. The van der Waals surface area contributed by atoms with Gasteiger partial charge in [-0.2, -0.15) is 11.8 Å². The molecule has 5 heteroatoms. The van der Waals surface area contributed by atoms with Crippen LogP contribution in [0, 0.1) is 0 Å². The van der Waals surface area contributed by atoms with Crippen LogP contribution in [0.3, 0.4) is 0 Å². The van der Waals surface area contributed by atoms with Crippen LogP contribution in [0.2, 0.25) is 0 Å². The molecular formula is C14H17NO3S. The van der Waals surface area contributed by atoms with E-state index in [0.29, 0.717) is 13.0 Å². The molecule has 1 heterocycles. The van der Waals surface area contributed by atoms with Crippen LogP contribution in [-0.2, 0) is 22.6 Å². The second kappa shape index (κ2) is 5.65. The monoisotopic (exact) mass is 279 g/mol. The second-order valence-corrected chi connectivity index (χ2v) is 5.85. The lowest BCUT2D eigenvalue weighted by Crippen LogP contribution is -2.50. The summed E-state index contributed by atoms with van der Waals surface area (Å²) in [6, 6.07) is 6.96. The van der Waals surface area contributed by atoms with Gasteiger partial charge in [0.2, 0.25) is 5.91 Å². The molecule has 102 valence electrons. The number of benzene rings is 1. The number of fused-ring (bicyclic) bond motifs is 1. The average Bonchev–Trinajstić information content (AvgIpc) is 2.44. The van der Waals surface area contributed by atoms with Gasteiger partial charge in [0.1, 0.15) is 6.04 Å². The summed E-state index contributed by atoms with van der Waals surface area (Å²) >= 11 is 1.44. The first kappa shape index (κ1) is 13.9. The predicted molar refractivity (Wildman–Crippen MR) is 75.1 cm³/mol. The molecule has 1 N–H and O–H groups in total. The average molecular weight is 279 g/mol. The van der Waals surface area contributed by atoms with E-state index in [4.69, 9.17) is 0 Å². The summed E-state index contributed by atoms with van der Waals surface area (Å²) in [5, 5.41) is 9.12. The number of amides is 1. The van der Waals surface area contributed by atoms with Crippen LogP contribution in [0.4, 0.5) is 0 Å². The molecule has 1 aromatic rings. The highest BCUT2D eigenvalue weighted by Crippen LogP contribution is 2.25. The lowest BCUT2D eigenvalue weighted by Gasteiger charge is -2.35. The lowest BCUT2D eigenvalue weighted by molar-refractivity contribution is -0.151. The van der Waals surface area contributed by atoms with E-state index in [1.807, 2.05) is 37.4 Å². The Balaban J connectivity index is 2.31. The molecule has 0 unspecified atom stereocenters. The summed E-state index contributed by atoms with van der Waals surface area (Å²) in [6.07, 6.45) is 2.24. The predicted octanol–water partition coefficient (Wildman–Crippen LogP) is 1.78.